The predicted octanol–water partition coefficient (Wildman–Crippen LogP) is 2.02. The molecule has 9 heteroatoms. The Balaban J connectivity index is 1.34. The number of halogens is 1. The molecule has 0 saturated carbocycles. The summed E-state index contributed by atoms with van der Waals surface area (Å²) in [7, 11) is -3.81. The van der Waals surface area contributed by atoms with E-state index in [1.807, 2.05) is 31.2 Å². The molecule has 0 bridgehead atoms. The molecule has 1 atom stereocenters. The third-order valence-corrected chi connectivity index (χ3v) is 7.94. The van der Waals surface area contributed by atoms with Crippen LogP contribution >= 0.6 is 0 Å². The lowest BCUT2D eigenvalue weighted by atomic mass is 10.1. The highest BCUT2D eigenvalue weighted by Gasteiger charge is 2.38. The van der Waals surface area contributed by atoms with E-state index in [-0.39, 0.29) is 49.3 Å². The molecule has 2 aromatic carbocycles. The van der Waals surface area contributed by atoms with Crippen molar-refractivity contribution in [3.8, 4) is 0 Å². The van der Waals surface area contributed by atoms with Gasteiger partial charge >= 0.3 is 0 Å². The van der Waals surface area contributed by atoms with Gasteiger partial charge in [-0.2, -0.15) is 4.31 Å². The van der Waals surface area contributed by atoms with Crippen LogP contribution in [0.25, 0.3) is 0 Å². The first kappa shape index (κ1) is 22.4. The van der Waals surface area contributed by atoms with Crippen LogP contribution in [0.1, 0.15) is 17.5 Å². The number of benzene rings is 2. The maximum absolute atomic E-state index is 13.5. The molecule has 32 heavy (non-hydrogen) atoms. The van der Waals surface area contributed by atoms with E-state index < -0.39 is 21.8 Å². The monoisotopic (exact) mass is 459 g/mol. The number of piperazine rings is 1. The third-order valence-electron chi connectivity index (χ3n) is 6.04. The zero-order valence-corrected chi connectivity index (χ0v) is 18.7. The fourth-order valence-electron chi connectivity index (χ4n) is 4.19. The molecule has 0 N–H and O–H groups in total. The van der Waals surface area contributed by atoms with Crippen molar-refractivity contribution in [3.05, 3.63) is 65.5 Å². The van der Waals surface area contributed by atoms with Crippen LogP contribution in [0.5, 0.6) is 0 Å². The summed E-state index contributed by atoms with van der Waals surface area (Å²) in [5, 5.41) is 0. The van der Waals surface area contributed by atoms with Crippen LogP contribution in [0.3, 0.4) is 0 Å². The number of hydrogen-bond donors (Lipinski definition) is 0. The minimum absolute atomic E-state index is 0.0451. The van der Waals surface area contributed by atoms with Crippen molar-refractivity contribution in [1.82, 2.24) is 14.1 Å². The first-order valence-corrected chi connectivity index (χ1v) is 12.1. The molecule has 2 aliphatic heterocycles. The molecule has 0 spiro atoms. The summed E-state index contributed by atoms with van der Waals surface area (Å²) in [5.41, 5.74) is 2.17. The normalized spacial score (nSPS) is 20.1. The van der Waals surface area contributed by atoms with Crippen molar-refractivity contribution in [3.63, 3.8) is 0 Å². The highest BCUT2D eigenvalue weighted by atomic mass is 32.2. The molecule has 2 aromatic rings. The van der Waals surface area contributed by atoms with Gasteiger partial charge in [-0.25, -0.2) is 12.8 Å². The fourth-order valence-corrected chi connectivity index (χ4v) is 5.64. The van der Waals surface area contributed by atoms with Gasteiger partial charge < -0.3 is 9.80 Å². The first-order valence-electron chi connectivity index (χ1n) is 10.6. The van der Waals surface area contributed by atoms with Crippen LogP contribution in [0.15, 0.2) is 53.4 Å². The Bertz CT molecular complexity index is 1110. The van der Waals surface area contributed by atoms with Gasteiger partial charge in [-0.3, -0.25) is 9.59 Å². The van der Waals surface area contributed by atoms with Crippen molar-refractivity contribution in [2.24, 2.45) is 5.92 Å². The lowest BCUT2D eigenvalue weighted by Gasteiger charge is -2.35. The molecule has 0 aromatic heterocycles. The van der Waals surface area contributed by atoms with Crippen molar-refractivity contribution >= 4 is 21.8 Å². The molecule has 0 radical (unpaired) electrons. The molecule has 0 unspecified atom stereocenters. The van der Waals surface area contributed by atoms with Crippen molar-refractivity contribution < 1.29 is 22.4 Å². The Morgan fingerprint density at radius 3 is 2.41 bits per heavy atom. The Labute approximate surface area is 187 Å². The summed E-state index contributed by atoms with van der Waals surface area (Å²) in [6.45, 7) is 3.61. The molecule has 2 aliphatic rings. The average molecular weight is 460 g/mol. The van der Waals surface area contributed by atoms with E-state index in [4.69, 9.17) is 0 Å². The average Bonchev–Trinajstić information content (AvgIpc) is 3.15. The second-order valence-corrected chi connectivity index (χ2v) is 10.3. The van der Waals surface area contributed by atoms with Crippen LogP contribution in [0, 0.1) is 18.7 Å². The second kappa shape index (κ2) is 8.99. The van der Waals surface area contributed by atoms with Crippen LogP contribution in [0.2, 0.25) is 0 Å². The number of hydrogen-bond acceptors (Lipinski definition) is 4. The largest absolute Gasteiger partial charge is 0.340 e. The number of amides is 2. The molecule has 170 valence electrons. The summed E-state index contributed by atoms with van der Waals surface area (Å²) >= 11 is 0. The number of sulfonamides is 1. The molecule has 7 nitrogen and oxygen atoms in total. The summed E-state index contributed by atoms with van der Waals surface area (Å²) in [6, 6.07) is 12.9. The topological polar surface area (TPSA) is 78.0 Å². The molecule has 2 amide bonds. The van der Waals surface area contributed by atoms with E-state index in [1.54, 1.807) is 9.80 Å². The number of nitrogens with zero attached hydrogens (tertiary/aromatic N) is 3. The van der Waals surface area contributed by atoms with Gasteiger partial charge in [-0.1, -0.05) is 35.9 Å². The molecule has 2 saturated heterocycles. The molecular formula is C23H26FN3O4S. The van der Waals surface area contributed by atoms with Crippen LogP contribution in [-0.4, -0.2) is 67.1 Å². The summed E-state index contributed by atoms with van der Waals surface area (Å²) in [5.74, 6) is -1.19. The molecule has 2 fully saturated rings. The Morgan fingerprint density at radius 2 is 1.75 bits per heavy atom. The molecule has 2 heterocycles. The highest BCUT2D eigenvalue weighted by Crippen LogP contribution is 2.24. The van der Waals surface area contributed by atoms with E-state index in [0.29, 0.717) is 13.1 Å². The third kappa shape index (κ3) is 4.68. The van der Waals surface area contributed by atoms with E-state index in [1.165, 1.54) is 22.5 Å². The fraction of sp³-hybridized carbons (Fsp3) is 0.391. The number of aryl methyl sites for hydroxylation is 1. The van der Waals surface area contributed by atoms with E-state index in [9.17, 15) is 22.4 Å². The van der Waals surface area contributed by atoms with Gasteiger partial charge in [0, 0.05) is 45.7 Å². The second-order valence-electron chi connectivity index (χ2n) is 8.35. The van der Waals surface area contributed by atoms with Crippen LogP contribution < -0.4 is 0 Å². The van der Waals surface area contributed by atoms with Gasteiger partial charge in [0.05, 0.1) is 10.8 Å². The number of carbonyl (C=O) groups is 2. The van der Waals surface area contributed by atoms with Gasteiger partial charge in [0.15, 0.2) is 0 Å². The quantitative estimate of drug-likeness (QED) is 0.686. The van der Waals surface area contributed by atoms with Gasteiger partial charge in [-0.05, 0) is 30.7 Å². The predicted molar refractivity (Wildman–Crippen MR) is 116 cm³/mol. The number of rotatable bonds is 5. The molecular weight excluding hydrogens is 433 g/mol. The Hall–Kier alpha value is -2.78. The Morgan fingerprint density at radius 1 is 1.06 bits per heavy atom. The lowest BCUT2D eigenvalue weighted by molar-refractivity contribution is -0.137. The van der Waals surface area contributed by atoms with Gasteiger partial charge in [0.25, 0.3) is 0 Å². The lowest BCUT2D eigenvalue weighted by Crippen LogP contribution is -2.52. The number of likely N-dealkylation sites (tertiary alicyclic amines) is 1. The van der Waals surface area contributed by atoms with E-state index in [2.05, 4.69) is 0 Å². The SMILES string of the molecule is Cc1ccc(CN2C[C@H](C(=O)N3CCN(S(=O)(=O)c4cccc(F)c4)CC3)CC2=O)cc1. The van der Waals surface area contributed by atoms with Gasteiger partial charge in [0.2, 0.25) is 21.8 Å². The maximum Gasteiger partial charge on any atom is 0.243 e. The molecule has 4 rings (SSSR count). The minimum Gasteiger partial charge on any atom is -0.340 e. The van der Waals surface area contributed by atoms with Crippen LogP contribution in [0.4, 0.5) is 4.39 Å². The zero-order valence-electron chi connectivity index (χ0n) is 17.9. The summed E-state index contributed by atoms with van der Waals surface area (Å²) < 4.78 is 40.2. The smallest absolute Gasteiger partial charge is 0.243 e. The van der Waals surface area contributed by atoms with Gasteiger partial charge in [0.1, 0.15) is 5.82 Å². The summed E-state index contributed by atoms with van der Waals surface area (Å²) in [4.78, 5) is 28.7. The minimum atomic E-state index is -3.81. The summed E-state index contributed by atoms with van der Waals surface area (Å²) in [6.07, 6.45) is 0.173. The molecule has 0 aliphatic carbocycles. The van der Waals surface area contributed by atoms with E-state index in [0.717, 1.165) is 17.2 Å². The first-order chi connectivity index (χ1) is 15.2. The van der Waals surface area contributed by atoms with E-state index >= 15 is 0 Å². The van der Waals surface area contributed by atoms with Crippen molar-refractivity contribution in [2.45, 2.75) is 24.8 Å². The van der Waals surface area contributed by atoms with Gasteiger partial charge in [-0.15, -0.1) is 0 Å². The highest BCUT2D eigenvalue weighted by molar-refractivity contribution is 7.89. The Kier molecular flexibility index (Phi) is 6.30. The maximum atomic E-state index is 13.5. The van der Waals surface area contributed by atoms with Crippen molar-refractivity contribution in [2.75, 3.05) is 32.7 Å². The number of carbonyl (C=O) groups excluding carboxylic acids is 2. The van der Waals surface area contributed by atoms with Crippen molar-refractivity contribution in [1.29, 1.82) is 0 Å². The standard InChI is InChI=1S/C23H26FN3O4S/c1-17-5-7-18(8-6-17)15-26-16-19(13-22(26)28)23(29)25-9-11-27(12-10-25)32(30,31)21-4-2-3-20(24)14-21/h2-8,14,19H,9-13,15-16H2,1H3/t19-/m1/s1. The van der Waals surface area contributed by atoms with Crippen LogP contribution in [-0.2, 0) is 26.2 Å². The zero-order chi connectivity index (χ0) is 22.9.